The number of hydrogen-bond donors (Lipinski definition) is 1. The fourth-order valence-corrected chi connectivity index (χ4v) is 7.00. The molecule has 0 radical (unpaired) electrons. The highest BCUT2D eigenvalue weighted by atomic mass is 35.5. The van der Waals surface area contributed by atoms with Crippen molar-refractivity contribution >= 4 is 57.0 Å². The van der Waals surface area contributed by atoms with Gasteiger partial charge in [-0.2, -0.15) is 0 Å². The van der Waals surface area contributed by atoms with Crippen LogP contribution in [-0.2, 0) is 21.2 Å². The summed E-state index contributed by atoms with van der Waals surface area (Å²) < 4.78 is 27.0. The van der Waals surface area contributed by atoms with Crippen LogP contribution in [0.1, 0.15) is 42.7 Å². The smallest absolute Gasteiger partial charge is 0.270 e. The summed E-state index contributed by atoms with van der Waals surface area (Å²) >= 11 is 6.10. The number of fused-ring (bicyclic) bond motifs is 1. The number of carbonyl (C=O) groups excluding carboxylic acids is 2. The zero-order valence-electron chi connectivity index (χ0n) is 25.9. The van der Waals surface area contributed by atoms with E-state index < -0.39 is 22.0 Å². The Morgan fingerprint density at radius 1 is 0.978 bits per heavy atom. The number of rotatable bonds is 10. The van der Waals surface area contributed by atoms with E-state index in [4.69, 9.17) is 11.6 Å². The highest BCUT2D eigenvalue weighted by molar-refractivity contribution is 7.92. The monoisotopic (exact) mass is 649 g/mol. The van der Waals surface area contributed by atoms with Gasteiger partial charge in [0.25, 0.3) is 5.91 Å². The second-order valence-electron chi connectivity index (χ2n) is 12.0. The predicted octanol–water partition coefficient (Wildman–Crippen LogP) is 3.20. The van der Waals surface area contributed by atoms with Crippen molar-refractivity contribution in [2.75, 3.05) is 48.2 Å². The Kier molecular flexibility index (Phi) is 10.1. The van der Waals surface area contributed by atoms with Crippen LogP contribution >= 0.6 is 11.6 Å². The van der Waals surface area contributed by atoms with Crippen molar-refractivity contribution in [2.24, 2.45) is 5.92 Å². The maximum atomic E-state index is 14.0. The zero-order chi connectivity index (χ0) is 32.1. The summed E-state index contributed by atoms with van der Waals surface area (Å²) in [5.41, 5.74) is 2.59. The van der Waals surface area contributed by atoms with Crippen molar-refractivity contribution in [3.8, 4) is 0 Å². The molecule has 1 aromatic heterocycles. The summed E-state index contributed by atoms with van der Waals surface area (Å²) in [6.07, 6.45) is 9.31. The lowest BCUT2D eigenvalue weighted by Gasteiger charge is -2.39. The van der Waals surface area contributed by atoms with Gasteiger partial charge < -0.3 is 15.1 Å². The highest BCUT2D eigenvalue weighted by Gasteiger charge is 2.31. The molecule has 0 spiro atoms. The SMILES string of the molecule is CC(C)CN(c1ccccc1N1CCN(C(=O)[C@@H](Cc2ccc(Cl)cc2)NC(=O)c2cc3c(cn2)=CCCC=3)CC1)S(C)(=O)=O. The van der Waals surface area contributed by atoms with Gasteiger partial charge in [-0.25, -0.2) is 8.42 Å². The summed E-state index contributed by atoms with van der Waals surface area (Å²) in [5.74, 6) is -0.438. The van der Waals surface area contributed by atoms with E-state index in [1.54, 1.807) is 29.3 Å². The van der Waals surface area contributed by atoms with Gasteiger partial charge in [-0.05, 0) is 65.1 Å². The lowest BCUT2D eigenvalue weighted by atomic mass is 10.0. The Morgan fingerprint density at radius 2 is 1.64 bits per heavy atom. The normalized spacial score (nSPS) is 15.5. The predicted molar refractivity (Wildman–Crippen MR) is 180 cm³/mol. The molecule has 2 aliphatic rings. The average molecular weight is 650 g/mol. The molecule has 3 aromatic rings. The molecule has 238 valence electrons. The van der Waals surface area contributed by atoms with Crippen LogP contribution in [0.4, 0.5) is 11.4 Å². The van der Waals surface area contributed by atoms with E-state index in [1.165, 1.54) is 10.6 Å². The summed E-state index contributed by atoms with van der Waals surface area (Å²) in [6.45, 7) is 6.23. The van der Waals surface area contributed by atoms with Gasteiger partial charge in [0.2, 0.25) is 15.9 Å². The third-order valence-electron chi connectivity index (χ3n) is 8.07. The van der Waals surface area contributed by atoms with E-state index in [1.807, 2.05) is 50.2 Å². The molecule has 2 aromatic carbocycles. The van der Waals surface area contributed by atoms with Gasteiger partial charge in [-0.3, -0.25) is 18.9 Å². The van der Waals surface area contributed by atoms with E-state index in [9.17, 15) is 18.0 Å². The fourth-order valence-electron chi connectivity index (χ4n) is 5.79. The number of aromatic nitrogens is 1. The Balaban J connectivity index is 1.34. The zero-order valence-corrected chi connectivity index (χ0v) is 27.5. The number of carbonyl (C=O) groups is 2. The standard InChI is InChI=1S/C34H40ClN5O4S/c1-24(2)23-40(45(3,43)44)32-11-7-6-10-31(32)38-16-18-39(19-17-38)34(42)30(20-25-12-14-28(35)15-13-25)37-33(41)29-21-26-8-4-5-9-27(26)22-36-29/h6-15,21-22,24,30H,4-5,16-20,23H2,1-3H3,(H,37,41)/t30-/m1/s1. The molecule has 1 aliphatic carbocycles. The van der Waals surface area contributed by atoms with Crippen molar-refractivity contribution in [1.29, 1.82) is 0 Å². The maximum absolute atomic E-state index is 14.0. The van der Waals surface area contributed by atoms with Crippen LogP contribution in [0.3, 0.4) is 0 Å². The minimum absolute atomic E-state index is 0.142. The summed E-state index contributed by atoms with van der Waals surface area (Å²) in [6, 6.07) is 15.7. The Hall–Kier alpha value is -3.89. The molecule has 2 amide bonds. The lowest BCUT2D eigenvalue weighted by molar-refractivity contribution is -0.133. The Labute approximate surface area is 270 Å². The molecule has 11 heteroatoms. The molecule has 1 aliphatic heterocycles. The topological polar surface area (TPSA) is 103 Å². The van der Waals surface area contributed by atoms with Crippen molar-refractivity contribution in [3.05, 3.63) is 87.5 Å². The third-order valence-corrected chi connectivity index (χ3v) is 9.46. The molecule has 9 nitrogen and oxygen atoms in total. The first-order valence-electron chi connectivity index (χ1n) is 15.3. The van der Waals surface area contributed by atoms with Crippen LogP contribution in [0.2, 0.25) is 5.02 Å². The number of nitrogens with one attached hydrogen (secondary N) is 1. The van der Waals surface area contributed by atoms with Gasteiger partial charge in [0.1, 0.15) is 11.7 Å². The van der Waals surface area contributed by atoms with Crippen LogP contribution in [-0.4, -0.2) is 75.1 Å². The number of halogens is 1. The van der Waals surface area contributed by atoms with E-state index in [2.05, 4.69) is 27.4 Å². The molecular weight excluding hydrogens is 610 g/mol. The number of pyridine rings is 1. The molecule has 1 atom stereocenters. The van der Waals surface area contributed by atoms with Crippen molar-refractivity contribution in [3.63, 3.8) is 0 Å². The van der Waals surface area contributed by atoms with E-state index in [0.29, 0.717) is 49.9 Å². The molecule has 5 rings (SSSR count). The molecule has 0 bridgehead atoms. The lowest BCUT2D eigenvalue weighted by Crippen LogP contribution is -2.56. The van der Waals surface area contributed by atoms with Crippen LogP contribution in [0, 0.1) is 5.92 Å². The van der Waals surface area contributed by atoms with E-state index in [-0.39, 0.29) is 17.5 Å². The van der Waals surface area contributed by atoms with Gasteiger partial charge in [0, 0.05) is 50.4 Å². The maximum Gasteiger partial charge on any atom is 0.270 e. The van der Waals surface area contributed by atoms with Gasteiger partial charge in [-0.1, -0.05) is 61.9 Å². The molecule has 2 heterocycles. The van der Waals surface area contributed by atoms with Gasteiger partial charge in [0.05, 0.1) is 17.6 Å². The number of nitrogens with zero attached hydrogens (tertiary/aromatic N) is 4. The highest BCUT2D eigenvalue weighted by Crippen LogP contribution is 2.32. The number of piperazine rings is 1. The second kappa shape index (κ2) is 14.0. The average Bonchev–Trinajstić information content (AvgIpc) is 3.03. The van der Waals surface area contributed by atoms with E-state index >= 15 is 0 Å². The molecule has 1 saturated heterocycles. The third kappa shape index (κ3) is 8.04. The second-order valence-corrected chi connectivity index (χ2v) is 14.4. The van der Waals surface area contributed by atoms with E-state index in [0.717, 1.165) is 34.5 Å². The number of sulfonamides is 1. The molecular formula is C34H40ClN5O4S. The van der Waals surface area contributed by atoms with Crippen LogP contribution in [0.5, 0.6) is 0 Å². The summed E-state index contributed by atoms with van der Waals surface area (Å²) in [5, 5.41) is 5.54. The van der Waals surface area contributed by atoms with Crippen molar-refractivity contribution in [1.82, 2.24) is 15.2 Å². The van der Waals surface area contributed by atoms with Crippen molar-refractivity contribution < 1.29 is 18.0 Å². The minimum Gasteiger partial charge on any atom is -0.366 e. The summed E-state index contributed by atoms with van der Waals surface area (Å²) in [4.78, 5) is 35.7. The van der Waals surface area contributed by atoms with Crippen LogP contribution in [0.15, 0.2) is 60.8 Å². The largest absolute Gasteiger partial charge is 0.366 e. The van der Waals surface area contributed by atoms with Gasteiger partial charge in [-0.15, -0.1) is 0 Å². The first kappa shape index (κ1) is 32.5. The number of benzene rings is 2. The molecule has 0 unspecified atom stereocenters. The van der Waals surface area contributed by atoms with Gasteiger partial charge >= 0.3 is 0 Å². The molecule has 1 fully saturated rings. The molecule has 0 saturated carbocycles. The number of amides is 2. The van der Waals surface area contributed by atoms with Crippen LogP contribution < -0.4 is 25.0 Å². The first-order chi connectivity index (χ1) is 21.5. The Morgan fingerprint density at radius 3 is 2.31 bits per heavy atom. The number of para-hydroxylation sites is 2. The number of hydrogen-bond acceptors (Lipinski definition) is 6. The quantitative estimate of drug-likeness (QED) is 0.362. The fraction of sp³-hybridized carbons (Fsp3) is 0.382. The summed E-state index contributed by atoms with van der Waals surface area (Å²) in [7, 11) is -3.50. The Bertz CT molecular complexity index is 1770. The molecule has 45 heavy (non-hydrogen) atoms. The first-order valence-corrected chi connectivity index (χ1v) is 17.5. The molecule has 1 N–H and O–H groups in total. The number of anilines is 2. The van der Waals surface area contributed by atoms with Crippen molar-refractivity contribution in [2.45, 2.75) is 39.2 Å². The van der Waals surface area contributed by atoms with Crippen LogP contribution in [0.25, 0.3) is 12.2 Å². The minimum atomic E-state index is -3.50. The van der Waals surface area contributed by atoms with Gasteiger partial charge in [0.15, 0.2) is 0 Å².